The molecule has 0 amide bonds. The van der Waals surface area contributed by atoms with E-state index in [9.17, 15) is 14.7 Å². The van der Waals surface area contributed by atoms with Crippen molar-refractivity contribution in [1.29, 1.82) is 0 Å². The molecule has 120 valence electrons. The lowest BCUT2D eigenvalue weighted by Crippen LogP contribution is -2.36. The second-order valence-corrected chi connectivity index (χ2v) is 5.72. The molecule has 0 spiro atoms. The minimum absolute atomic E-state index is 0.165. The SMILES string of the molecule is Cc1nc(-c2ccc(N3CCC[C@H]3C(=O)O)nc2)[nH]c(=O)c1C. The molecule has 0 bridgehead atoms. The lowest BCUT2D eigenvalue weighted by molar-refractivity contribution is -0.138. The summed E-state index contributed by atoms with van der Waals surface area (Å²) in [7, 11) is 0. The molecule has 1 fully saturated rings. The number of carbonyl (C=O) groups is 1. The van der Waals surface area contributed by atoms with Crippen LogP contribution in [0.1, 0.15) is 24.1 Å². The van der Waals surface area contributed by atoms with Crippen molar-refractivity contribution < 1.29 is 9.90 Å². The van der Waals surface area contributed by atoms with Crippen LogP contribution < -0.4 is 10.5 Å². The number of hydrogen-bond acceptors (Lipinski definition) is 5. The topological polar surface area (TPSA) is 99.2 Å². The fraction of sp³-hybridized carbons (Fsp3) is 0.375. The Kier molecular flexibility index (Phi) is 3.85. The van der Waals surface area contributed by atoms with E-state index in [1.54, 1.807) is 37.1 Å². The van der Waals surface area contributed by atoms with Crippen molar-refractivity contribution in [3.8, 4) is 11.4 Å². The third-order valence-corrected chi connectivity index (χ3v) is 4.25. The fourth-order valence-corrected chi connectivity index (χ4v) is 2.78. The summed E-state index contributed by atoms with van der Waals surface area (Å²) >= 11 is 0. The first-order valence-corrected chi connectivity index (χ1v) is 7.51. The highest BCUT2D eigenvalue weighted by molar-refractivity contribution is 5.78. The van der Waals surface area contributed by atoms with Crippen LogP contribution in [0.15, 0.2) is 23.1 Å². The van der Waals surface area contributed by atoms with Crippen molar-refractivity contribution >= 4 is 11.8 Å². The third kappa shape index (κ3) is 2.81. The Morgan fingerprint density at radius 2 is 2.17 bits per heavy atom. The first-order chi connectivity index (χ1) is 11.0. The van der Waals surface area contributed by atoms with Crippen molar-refractivity contribution in [2.45, 2.75) is 32.7 Å². The van der Waals surface area contributed by atoms with Crippen molar-refractivity contribution in [2.24, 2.45) is 0 Å². The van der Waals surface area contributed by atoms with E-state index < -0.39 is 12.0 Å². The maximum atomic E-state index is 11.8. The van der Waals surface area contributed by atoms with E-state index in [4.69, 9.17) is 0 Å². The molecule has 2 aromatic rings. The standard InChI is InChI=1S/C16H18N4O3/c1-9-10(2)18-14(19-15(9)21)11-5-6-13(17-8-11)20-7-3-4-12(20)16(22)23/h5-6,8,12H,3-4,7H2,1-2H3,(H,22,23)(H,18,19,21)/t12-/m0/s1. The van der Waals surface area contributed by atoms with E-state index in [2.05, 4.69) is 15.0 Å². The molecule has 2 N–H and O–H groups in total. The van der Waals surface area contributed by atoms with Gasteiger partial charge in [-0.1, -0.05) is 0 Å². The smallest absolute Gasteiger partial charge is 0.326 e. The molecule has 7 heteroatoms. The van der Waals surface area contributed by atoms with Crippen LogP contribution in [0.4, 0.5) is 5.82 Å². The molecule has 0 unspecified atom stereocenters. The summed E-state index contributed by atoms with van der Waals surface area (Å²) in [6, 6.07) is 3.05. The predicted molar refractivity (Wildman–Crippen MR) is 85.6 cm³/mol. The first kappa shape index (κ1) is 15.2. The highest BCUT2D eigenvalue weighted by atomic mass is 16.4. The number of pyridine rings is 1. The van der Waals surface area contributed by atoms with Crippen LogP contribution in [0.3, 0.4) is 0 Å². The highest BCUT2D eigenvalue weighted by Gasteiger charge is 2.31. The van der Waals surface area contributed by atoms with Gasteiger partial charge in [-0.25, -0.2) is 14.8 Å². The Hall–Kier alpha value is -2.70. The molecule has 0 saturated carbocycles. The summed E-state index contributed by atoms with van der Waals surface area (Å²) in [6.07, 6.45) is 3.08. The molecule has 23 heavy (non-hydrogen) atoms. The number of carboxylic acid groups (broad SMARTS) is 1. The Balaban J connectivity index is 1.91. The van der Waals surface area contributed by atoms with Gasteiger partial charge in [0.2, 0.25) is 0 Å². The van der Waals surface area contributed by atoms with E-state index in [1.807, 2.05) is 0 Å². The molecular weight excluding hydrogens is 296 g/mol. The largest absolute Gasteiger partial charge is 0.480 e. The lowest BCUT2D eigenvalue weighted by atomic mass is 10.2. The zero-order chi connectivity index (χ0) is 16.6. The van der Waals surface area contributed by atoms with Crippen LogP contribution in [-0.2, 0) is 4.79 Å². The molecule has 3 rings (SSSR count). The van der Waals surface area contributed by atoms with Gasteiger partial charge in [-0.3, -0.25) is 4.79 Å². The van der Waals surface area contributed by atoms with Gasteiger partial charge in [0.1, 0.15) is 17.7 Å². The number of aliphatic carboxylic acids is 1. The number of H-pyrrole nitrogens is 1. The number of aromatic nitrogens is 3. The number of hydrogen-bond donors (Lipinski definition) is 2. The summed E-state index contributed by atoms with van der Waals surface area (Å²) in [6.45, 7) is 4.20. The first-order valence-electron chi connectivity index (χ1n) is 7.51. The molecule has 3 heterocycles. The zero-order valence-corrected chi connectivity index (χ0v) is 13.0. The van der Waals surface area contributed by atoms with Crippen LogP contribution in [0, 0.1) is 13.8 Å². The van der Waals surface area contributed by atoms with Gasteiger partial charge in [-0.2, -0.15) is 0 Å². The van der Waals surface area contributed by atoms with E-state index in [0.717, 1.165) is 6.42 Å². The zero-order valence-electron chi connectivity index (χ0n) is 13.0. The monoisotopic (exact) mass is 314 g/mol. The normalized spacial score (nSPS) is 17.5. The summed E-state index contributed by atoms with van der Waals surface area (Å²) in [5, 5.41) is 9.25. The van der Waals surface area contributed by atoms with Crippen LogP contribution >= 0.6 is 0 Å². The number of nitrogens with zero attached hydrogens (tertiary/aromatic N) is 3. The van der Waals surface area contributed by atoms with Gasteiger partial charge in [0.15, 0.2) is 0 Å². The van der Waals surface area contributed by atoms with Gasteiger partial charge < -0.3 is 15.0 Å². The van der Waals surface area contributed by atoms with Gasteiger partial charge >= 0.3 is 5.97 Å². The molecule has 7 nitrogen and oxygen atoms in total. The van der Waals surface area contributed by atoms with E-state index in [0.29, 0.717) is 41.4 Å². The molecule has 1 aliphatic heterocycles. The maximum absolute atomic E-state index is 11.8. The molecule has 0 aliphatic carbocycles. The Bertz CT molecular complexity index is 798. The number of carboxylic acids is 1. The average Bonchev–Trinajstić information content (AvgIpc) is 3.02. The van der Waals surface area contributed by atoms with Gasteiger partial charge in [0.05, 0.1) is 0 Å². The van der Waals surface area contributed by atoms with Crippen molar-refractivity contribution in [3.63, 3.8) is 0 Å². The number of aryl methyl sites for hydroxylation is 1. The van der Waals surface area contributed by atoms with Gasteiger partial charge in [0.25, 0.3) is 5.56 Å². The molecular formula is C16H18N4O3. The fourth-order valence-electron chi connectivity index (χ4n) is 2.78. The van der Waals surface area contributed by atoms with Crippen molar-refractivity contribution in [2.75, 3.05) is 11.4 Å². The van der Waals surface area contributed by atoms with Crippen molar-refractivity contribution in [3.05, 3.63) is 39.9 Å². The predicted octanol–water partition coefficient (Wildman–Crippen LogP) is 1.50. The van der Waals surface area contributed by atoms with E-state index >= 15 is 0 Å². The number of rotatable bonds is 3. The van der Waals surface area contributed by atoms with E-state index in [1.165, 1.54) is 0 Å². The molecule has 2 aromatic heterocycles. The Morgan fingerprint density at radius 3 is 2.78 bits per heavy atom. The summed E-state index contributed by atoms with van der Waals surface area (Å²) in [5.74, 6) is 0.270. The average molecular weight is 314 g/mol. The van der Waals surface area contributed by atoms with Crippen LogP contribution in [-0.4, -0.2) is 38.6 Å². The summed E-state index contributed by atoms with van der Waals surface area (Å²) in [4.78, 5) is 36.4. The lowest BCUT2D eigenvalue weighted by Gasteiger charge is -2.22. The molecule has 1 aliphatic rings. The summed E-state index contributed by atoms with van der Waals surface area (Å²) < 4.78 is 0. The van der Waals surface area contributed by atoms with Gasteiger partial charge in [-0.15, -0.1) is 0 Å². The Morgan fingerprint density at radius 1 is 1.39 bits per heavy atom. The maximum Gasteiger partial charge on any atom is 0.326 e. The summed E-state index contributed by atoms with van der Waals surface area (Å²) in [5.41, 5.74) is 1.81. The van der Waals surface area contributed by atoms with Crippen molar-refractivity contribution in [1.82, 2.24) is 15.0 Å². The molecule has 1 atom stereocenters. The second-order valence-electron chi connectivity index (χ2n) is 5.72. The number of anilines is 1. The minimum atomic E-state index is -0.825. The minimum Gasteiger partial charge on any atom is -0.480 e. The van der Waals surface area contributed by atoms with Crippen LogP contribution in [0.5, 0.6) is 0 Å². The van der Waals surface area contributed by atoms with Gasteiger partial charge in [0, 0.05) is 29.6 Å². The van der Waals surface area contributed by atoms with Crippen LogP contribution in [0.2, 0.25) is 0 Å². The Labute approximate surface area is 133 Å². The molecule has 0 aromatic carbocycles. The third-order valence-electron chi connectivity index (χ3n) is 4.25. The van der Waals surface area contributed by atoms with Gasteiger partial charge in [-0.05, 0) is 38.8 Å². The second kappa shape index (κ2) is 5.83. The number of nitrogens with one attached hydrogen (secondary N) is 1. The molecule has 1 saturated heterocycles. The quantitative estimate of drug-likeness (QED) is 0.890. The van der Waals surface area contributed by atoms with E-state index in [-0.39, 0.29) is 5.56 Å². The molecule has 0 radical (unpaired) electrons. The van der Waals surface area contributed by atoms with Crippen LogP contribution in [0.25, 0.3) is 11.4 Å². The highest BCUT2D eigenvalue weighted by Crippen LogP contribution is 2.25. The number of aromatic amines is 1.